The van der Waals surface area contributed by atoms with Gasteiger partial charge in [0.1, 0.15) is 0 Å². The minimum Gasteiger partial charge on any atom is -0.0882 e. The van der Waals surface area contributed by atoms with Crippen molar-refractivity contribution in [2.75, 3.05) is 0 Å². The van der Waals surface area contributed by atoms with Gasteiger partial charge in [-0.3, -0.25) is 0 Å². The predicted molar refractivity (Wildman–Crippen MR) is 93.9 cm³/mol. The average Bonchev–Trinajstić information content (AvgIpc) is 2.47. The molecular weight excluding hydrogens is 240 g/mol. The van der Waals surface area contributed by atoms with E-state index < -0.39 is 0 Å². The lowest BCUT2D eigenvalue weighted by molar-refractivity contribution is 0.583. The van der Waals surface area contributed by atoms with E-state index in [9.17, 15) is 0 Å². The van der Waals surface area contributed by atoms with Crippen molar-refractivity contribution in [1.29, 1.82) is 0 Å². The minimum atomic E-state index is 1.11. The average molecular weight is 278 g/mol. The molecule has 0 aliphatic rings. The monoisotopic (exact) mass is 277 g/mol. The first-order chi connectivity index (χ1) is 9.91. The third kappa shape index (κ3) is 17.5. The van der Waals surface area contributed by atoms with Gasteiger partial charge in [0.25, 0.3) is 0 Å². The quantitative estimate of drug-likeness (QED) is 0.216. The van der Waals surface area contributed by atoms with Crippen LogP contribution in [0.15, 0.2) is 24.3 Å². The van der Waals surface area contributed by atoms with Crippen LogP contribution in [0.25, 0.3) is 0 Å². The summed E-state index contributed by atoms with van der Waals surface area (Å²) in [6.07, 6.45) is 27.9. The van der Waals surface area contributed by atoms with Crippen LogP contribution in [-0.4, -0.2) is 0 Å². The predicted octanol–water partition coefficient (Wildman–Crippen LogP) is 7.41. The molecule has 0 aromatic rings. The van der Waals surface area contributed by atoms with E-state index >= 15 is 0 Å². The van der Waals surface area contributed by atoms with E-state index in [2.05, 4.69) is 38.2 Å². The van der Waals surface area contributed by atoms with Crippen LogP contribution in [0.1, 0.15) is 96.8 Å². The highest BCUT2D eigenvalue weighted by Gasteiger charge is 1.90. The summed E-state index contributed by atoms with van der Waals surface area (Å²) in [5.41, 5.74) is 0. The van der Waals surface area contributed by atoms with Gasteiger partial charge in [-0.05, 0) is 32.1 Å². The van der Waals surface area contributed by atoms with E-state index in [4.69, 9.17) is 0 Å². The zero-order valence-electron chi connectivity index (χ0n) is 13.9. The minimum absolute atomic E-state index is 1.11. The summed E-state index contributed by atoms with van der Waals surface area (Å²) in [6.45, 7) is 6.14. The topological polar surface area (TPSA) is 0 Å². The fraction of sp³-hybridized carbons (Fsp3) is 0.750. The molecule has 0 saturated heterocycles. The van der Waals surface area contributed by atoms with E-state index in [-0.39, 0.29) is 0 Å². The maximum atomic E-state index is 3.88. The normalized spacial score (nSPS) is 11.9. The van der Waals surface area contributed by atoms with Crippen molar-refractivity contribution in [2.45, 2.75) is 96.8 Å². The van der Waals surface area contributed by atoms with Gasteiger partial charge in [0.2, 0.25) is 0 Å². The van der Waals surface area contributed by atoms with Crippen LogP contribution < -0.4 is 0 Å². The van der Waals surface area contributed by atoms with Crippen molar-refractivity contribution in [3.63, 3.8) is 0 Å². The molecule has 1 radical (unpaired) electrons. The third-order valence-corrected chi connectivity index (χ3v) is 3.70. The fourth-order valence-electron chi connectivity index (χ4n) is 2.34. The molecule has 20 heavy (non-hydrogen) atoms. The number of allylic oxidation sites excluding steroid dienone is 4. The molecule has 0 aliphatic heterocycles. The summed E-state index contributed by atoms with van der Waals surface area (Å²) in [7, 11) is 0. The Kier molecular flexibility index (Phi) is 18.0. The smallest absolute Gasteiger partial charge is 0.0169 e. The van der Waals surface area contributed by atoms with E-state index in [0.29, 0.717) is 0 Å². The molecule has 0 aromatic carbocycles. The molecular formula is C20H37. The molecule has 0 fully saturated rings. The van der Waals surface area contributed by atoms with E-state index in [1.165, 1.54) is 77.0 Å². The van der Waals surface area contributed by atoms with Gasteiger partial charge >= 0.3 is 0 Å². The van der Waals surface area contributed by atoms with Gasteiger partial charge in [0.05, 0.1) is 0 Å². The molecule has 0 heteroatoms. The van der Waals surface area contributed by atoms with Crippen LogP contribution >= 0.6 is 0 Å². The second-order valence-corrected chi connectivity index (χ2v) is 5.79. The van der Waals surface area contributed by atoms with Crippen molar-refractivity contribution in [3.8, 4) is 0 Å². The molecule has 0 atom stereocenters. The molecule has 0 N–H and O–H groups in total. The molecule has 0 amide bonds. The molecule has 0 unspecified atom stereocenters. The van der Waals surface area contributed by atoms with Gasteiger partial charge in [-0.2, -0.15) is 0 Å². The Hall–Kier alpha value is -0.520. The van der Waals surface area contributed by atoms with E-state index in [1.807, 2.05) is 0 Å². The van der Waals surface area contributed by atoms with Gasteiger partial charge in [-0.15, -0.1) is 0 Å². The Morgan fingerprint density at radius 3 is 1.65 bits per heavy atom. The van der Waals surface area contributed by atoms with E-state index in [0.717, 1.165) is 12.8 Å². The maximum Gasteiger partial charge on any atom is -0.0169 e. The second-order valence-electron chi connectivity index (χ2n) is 5.79. The Labute approximate surface area is 128 Å². The number of unbranched alkanes of at least 4 members (excludes halogenated alkanes) is 11. The summed E-state index contributed by atoms with van der Waals surface area (Å²) in [5.74, 6) is 0. The van der Waals surface area contributed by atoms with Crippen molar-refractivity contribution in [2.24, 2.45) is 0 Å². The molecule has 0 rings (SSSR count). The van der Waals surface area contributed by atoms with Crippen LogP contribution in [0.3, 0.4) is 0 Å². The molecule has 117 valence electrons. The Morgan fingerprint density at radius 2 is 1.10 bits per heavy atom. The summed E-state index contributed by atoms with van der Waals surface area (Å²) >= 11 is 0. The first-order valence-corrected chi connectivity index (χ1v) is 9.01. The lowest BCUT2D eigenvalue weighted by atomic mass is 10.1. The summed E-state index contributed by atoms with van der Waals surface area (Å²) in [4.78, 5) is 0. The lowest BCUT2D eigenvalue weighted by Gasteiger charge is -1.99. The molecule has 0 saturated carbocycles. The van der Waals surface area contributed by atoms with Crippen molar-refractivity contribution in [1.82, 2.24) is 0 Å². The van der Waals surface area contributed by atoms with Gasteiger partial charge in [0, 0.05) is 0 Å². The molecule has 0 aliphatic carbocycles. The van der Waals surface area contributed by atoms with Crippen molar-refractivity contribution in [3.05, 3.63) is 31.2 Å². The van der Waals surface area contributed by atoms with Crippen LogP contribution in [0.4, 0.5) is 0 Å². The SMILES string of the molecule is [CH2]CCCCCCCCCC=CCC=CCCCCC. The number of hydrogen-bond donors (Lipinski definition) is 0. The highest BCUT2D eigenvalue weighted by atomic mass is 14.0. The Bertz CT molecular complexity index is 212. The lowest BCUT2D eigenvalue weighted by Crippen LogP contribution is -1.79. The van der Waals surface area contributed by atoms with Crippen molar-refractivity contribution >= 4 is 0 Å². The Balaban J connectivity index is 3.12. The standard InChI is InChI=1S/C20H37/c1-3-5-7-9-11-13-15-17-19-20-18-16-14-12-10-8-6-4-2/h12,14,18,20H,1,3-11,13,15-17,19H2,2H3. The van der Waals surface area contributed by atoms with Crippen LogP contribution in [0.5, 0.6) is 0 Å². The summed E-state index contributed by atoms with van der Waals surface area (Å²) in [6, 6.07) is 0. The maximum absolute atomic E-state index is 3.88. The van der Waals surface area contributed by atoms with Crippen LogP contribution in [-0.2, 0) is 0 Å². The molecule has 0 nitrogen and oxygen atoms in total. The first kappa shape index (κ1) is 19.5. The van der Waals surface area contributed by atoms with Crippen LogP contribution in [0, 0.1) is 6.92 Å². The zero-order valence-corrected chi connectivity index (χ0v) is 13.9. The molecule has 0 aromatic heterocycles. The third-order valence-electron chi connectivity index (χ3n) is 3.70. The summed E-state index contributed by atoms with van der Waals surface area (Å²) < 4.78 is 0. The highest BCUT2D eigenvalue weighted by molar-refractivity contribution is 4.92. The second kappa shape index (κ2) is 18.5. The number of rotatable bonds is 15. The van der Waals surface area contributed by atoms with Gasteiger partial charge < -0.3 is 0 Å². The van der Waals surface area contributed by atoms with Crippen LogP contribution in [0.2, 0.25) is 0 Å². The first-order valence-electron chi connectivity index (χ1n) is 9.01. The van der Waals surface area contributed by atoms with Gasteiger partial charge in [0.15, 0.2) is 0 Å². The molecule has 0 heterocycles. The highest BCUT2D eigenvalue weighted by Crippen LogP contribution is 2.09. The van der Waals surface area contributed by atoms with Gasteiger partial charge in [-0.1, -0.05) is 95.9 Å². The Morgan fingerprint density at radius 1 is 0.600 bits per heavy atom. The largest absolute Gasteiger partial charge is 0.0882 e. The zero-order chi connectivity index (χ0) is 14.7. The molecule has 0 bridgehead atoms. The van der Waals surface area contributed by atoms with E-state index in [1.54, 1.807) is 0 Å². The molecule has 0 spiro atoms. The number of hydrogen-bond acceptors (Lipinski definition) is 0. The summed E-state index contributed by atoms with van der Waals surface area (Å²) in [5, 5.41) is 0. The van der Waals surface area contributed by atoms with Gasteiger partial charge in [-0.25, -0.2) is 0 Å². The van der Waals surface area contributed by atoms with Crippen molar-refractivity contribution < 1.29 is 0 Å². The fourth-order valence-corrected chi connectivity index (χ4v) is 2.34.